The first kappa shape index (κ1) is 14.7. The van der Waals surface area contributed by atoms with Crippen molar-refractivity contribution in [1.29, 1.82) is 0 Å². The minimum Gasteiger partial charge on any atom is -0.367 e. The molecule has 1 unspecified atom stereocenters. The lowest BCUT2D eigenvalue weighted by Gasteiger charge is -2.12. The van der Waals surface area contributed by atoms with Gasteiger partial charge in [0.2, 0.25) is 0 Å². The van der Waals surface area contributed by atoms with E-state index in [-0.39, 0.29) is 11.3 Å². The fourth-order valence-corrected chi connectivity index (χ4v) is 2.70. The first-order valence-electron chi connectivity index (χ1n) is 6.19. The molecule has 0 amide bonds. The van der Waals surface area contributed by atoms with Gasteiger partial charge in [0.1, 0.15) is 0 Å². The second-order valence-electron chi connectivity index (χ2n) is 4.51. The molecule has 0 bridgehead atoms. The summed E-state index contributed by atoms with van der Waals surface area (Å²) in [5.74, 6) is 0. The summed E-state index contributed by atoms with van der Waals surface area (Å²) in [4.78, 5) is 0.0372. The quantitative estimate of drug-likeness (QED) is 0.678. The van der Waals surface area contributed by atoms with Gasteiger partial charge in [-0.1, -0.05) is 48.0 Å². The molecule has 20 heavy (non-hydrogen) atoms. The maximum absolute atomic E-state index is 12.0. The van der Waals surface area contributed by atoms with Gasteiger partial charge in [-0.3, -0.25) is 0 Å². The van der Waals surface area contributed by atoms with Crippen LogP contribution in [0.5, 0.6) is 0 Å². The predicted molar refractivity (Wildman–Crippen MR) is 75.6 cm³/mol. The summed E-state index contributed by atoms with van der Waals surface area (Å²) in [7, 11) is -3.95. The van der Waals surface area contributed by atoms with Crippen molar-refractivity contribution in [3.63, 3.8) is 0 Å². The van der Waals surface area contributed by atoms with Crippen LogP contribution in [-0.2, 0) is 20.7 Å². The molecule has 0 aliphatic rings. The van der Waals surface area contributed by atoms with Gasteiger partial charge < -0.3 is 5.11 Å². The molecular formula is C15H16O4S. The largest absolute Gasteiger partial charge is 0.367 e. The lowest BCUT2D eigenvalue weighted by Crippen LogP contribution is -2.20. The maximum atomic E-state index is 12.0. The molecule has 2 aromatic rings. The highest BCUT2D eigenvalue weighted by Crippen LogP contribution is 2.16. The van der Waals surface area contributed by atoms with E-state index >= 15 is 0 Å². The molecule has 0 radical (unpaired) electrons. The van der Waals surface area contributed by atoms with Crippen LogP contribution in [0.25, 0.3) is 0 Å². The standard InChI is InChI=1S/C15H16O4S/c1-12-7-9-14(10-8-12)20(17,18)19-15(16)11-13-5-3-2-4-6-13/h2-10,15-16H,11H2,1H3. The lowest BCUT2D eigenvalue weighted by molar-refractivity contribution is -0.0103. The Hall–Kier alpha value is -1.69. The third-order valence-corrected chi connectivity index (χ3v) is 4.13. The zero-order valence-corrected chi connectivity index (χ0v) is 11.9. The zero-order valence-electron chi connectivity index (χ0n) is 11.1. The molecule has 1 N–H and O–H groups in total. The van der Waals surface area contributed by atoms with Gasteiger partial charge >= 0.3 is 0 Å². The number of hydrogen-bond donors (Lipinski definition) is 1. The number of aliphatic hydroxyl groups excluding tert-OH is 1. The van der Waals surface area contributed by atoms with E-state index in [2.05, 4.69) is 0 Å². The normalized spacial score (nSPS) is 13.1. The van der Waals surface area contributed by atoms with E-state index < -0.39 is 16.4 Å². The number of aliphatic hydroxyl groups is 1. The zero-order chi connectivity index (χ0) is 14.6. The van der Waals surface area contributed by atoms with E-state index in [0.29, 0.717) is 0 Å². The smallest absolute Gasteiger partial charge is 0.299 e. The molecule has 0 fully saturated rings. The van der Waals surface area contributed by atoms with E-state index in [0.717, 1.165) is 11.1 Å². The van der Waals surface area contributed by atoms with Crippen molar-refractivity contribution in [2.75, 3.05) is 0 Å². The average Bonchev–Trinajstić information content (AvgIpc) is 2.39. The van der Waals surface area contributed by atoms with Gasteiger partial charge in [0.15, 0.2) is 6.29 Å². The third kappa shape index (κ3) is 3.90. The molecular weight excluding hydrogens is 276 g/mol. The van der Waals surface area contributed by atoms with E-state index in [1.165, 1.54) is 12.1 Å². The average molecular weight is 292 g/mol. The van der Waals surface area contributed by atoms with Crippen molar-refractivity contribution >= 4 is 10.1 Å². The summed E-state index contributed by atoms with van der Waals surface area (Å²) in [6.07, 6.45) is -1.28. The SMILES string of the molecule is Cc1ccc(S(=O)(=O)OC(O)Cc2ccccc2)cc1. The highest BCUT2D eigenvalue weighted by atomic mass is 32.2. The second-order valence-corrected chi connectivity index (χ2v) is 6.08. The van der Waals surface area contributed by atoms with Crippen LogP contribution in [0.1, 0.15) is 11.1 Å². The van der Waals surface area contributed by atoms with Crippen LogP contribution in [-0.4, -0.2) is 19.8 Å². The molecule has 2 rings (SSSR count). The molecule has 2 aromatic carbocycles. The summed E-state index contributed by atoms with van der Waals surface area (Å²) < 4.78 is 28.7. The number of benzene rings is 2. The number of aryl methyl sites for hydroxylation is 1. The topological polar surface area (TPSA) is 63.6 Å². The Morgan fingerprint density at radius 1 is 1.05 bits per heavy atom. The van der Waals surface area contributed by atoms with Crippen molar-refractivity contribution in [2.45, 2.75) is 24.5 Å². The Morgan fingerprint density at radius 3 is 2.25 bits per heavy atom. The van der Waals surface area contributed by atoms with Gasteiger partial charge in [-0.05, 0) is 24.6 Å². The summed E-state index contributed by atoms with van der Waals surface area (Å²) in [6.45, 7) is 1.86. The maximum Gasteiger partial charge on any atom is 0.299 e. The molecule has 0 spiro atoms. The number of rotatable bonds is 5. The van der Waals surface area contributed by atoms with Crippen molar-refractivity contribution in [2.24, 2.45) is 0 Å². The van der Waals surface area contributed by atoms with E-state index in [9.17, 15) is 13.5 Å². The van der Waals surface area contributed by atoms with Gasteiger partial charge in [-0.2, -0.15) is 8.42 Å². The fraction of sp³-hybridized carbons (Fsp3) is 0.200. The lowest BCUT2D eigenvalue weighted by atomic mass is 10.1. The molecule has 106 valence electrons. The molecule has 0 aliphatic heterocycles. The summed E-state index contributed by atoms with van der Waals surface area (Å²) in [5, 5.41) is 9.75. The Bertz CT molecular complexity index is 648. The van der Waals surface area contributed by atoms with Crippen molar-refractivity contribution < 1.29 is 17.7 Å². The van der Waals surface area contributed by atoms with Crippen LogP contribution in [0.2, 0.25) is 0 Å². The number of hydrogen-bond acceptors (Lipinski definition) is 4. The summed E-state index contributed by atoms with van der Waals surface area (Å²) in [5.41, 5.74) is 1.76. The molecule has 1 atom stereocenters. The monoisotopic (exact) mass is 292 g/mol. The minimum atomic E-state index is -3.95. The molecule has 5 heteroatoms. The summed E-state index contributed by atoms with van der Waals surface area (Å²) in [6, 6.07) is 15.3. The van der Waals surface area contributed by atoms with Gasteiger partial charge in [0, 0.05) is 6.42 Å². The summed E-state index contributed by atoms with van der Waals surface area (Å²) >= 11 is 0. The first-order chi connectivity index (χ1) is 9.47. The molecule has 0 aromatic heterocycles. The minimum absolute atomic E-state index is 0.0372. The molecule has 0 heterocycles. The van der Waals surface area contributed by atoms with Gasteiger partial charge in [-0.25, -0.2) is 4.18 Å². The third-order valence-electron chi connectivity index (χ3n) is 2.80. The van der Waals surface area contributed by atoms with Crippen molar-refractivity contribution in [3.8, 4) is 0 Å². The first-order valence-corrected chi connectivity index (χ1v) is 7.60. The van der Waals surface area contributed by atoms with E-state index in [1.807, 2.05) is 25.1 Å². The van der Waals surface area contributed by atoms with E-state index in [1.54, 1.807) is 24.3 Å². The van der Waals surface area contributed by atoms with Crippen LogP contribution < -0.4 is 0 Å². The predicted octanol–water partition coefficient (Wildman–Crippen LogP) is 2.26. The Kier molecular flexibility index (Phi) is 4.54. The van der Waals surface area contributed by atoms with Crippen LogP contribution in [0, 0.1) is 6.92 Å². The van der Waals surface area contributed by atoms with Gasteiger partial charge in [-0.15, -0.1) is 0 Å². The highest BCUT2D eigenvalue weighted by Gasteiger charge is 2.20. The second kappa shape index (κ2) is 6.17. The Balaban J connectivity index is 2.06. The van der Waals surface area contributed by atoms with Crippen LogP contribution in [0.3, 0.4) is 0 Å². The molecule has 0 saturated heterocycles. The van der Waals surface area contributed by atoms with Crippen molar-refractivity contribution in [3.05, 3.63) is 65.7 Å². The molecule has 4 nitrogen and oxygen atoms in total. The molecule has 0 saturated carbocycles. The van der Waals surface area contributed by atoms with Crippen LogP contribution in [0.4, 0.5) is 0 Å². The Labute approximate surface area is 118 Å². The van der Waals surface area contributed by atoms with Gasteiger partial charge in [0.05, 0.1) is 4.90 Å². The fourth-order valence-electron chi connectivity index (χ4n) is 1.76. The van der Waals surface area contributed by atoms with Crippen LogP contribution >= 0.6 is 0 Å². The van der Waals surface area contributed by atoms with E-state index in [4.69, 9.17) is 4.18 Å². The van der Waals surface area contributed by atoms with Gasteiger partial charge in [0.25, 0.3) is 10.1 Å². The highest BCUT2D eigenvalue weighted by molar-refractivity contribution is 7.86. The van der Waals surface area contributed by atoms with Crippen molar-refractivity contribution in [1.82, 2.24) is 0 Å². The van der Waals surface area contributed by atoms with Crippen LogP contribution in [0.15, 0.2) is 59.5 Å². The Morgan fingerprint density at radius 2 is 1.65 bits per heavy atom. The molecule has 0 aliphatic carbocycles.